The van der Waals surface area contributed by atoms with Gasteiger partial charge in [-0.05, 0) is 96.5 Å². The molecule has 0 aliphatic heterocycles. The maximum atomic E-state index is 13.5. The number of ketones is 2. The normalized spacial score (nSPS) is 10.4. The fourth-order valence-electron chi connectivity index (χ4n) is 6.67. The molecule has 0 bridgehead atoms. The van der Waals surface area contributed by atoms with Crippen molar-refractivity contribution in [3.05, 3.63) is 202 Å². The number of rotatable bonds is 10. The zero-order chi connectivity index (χ0) is 43.1. The minimum atomic E-state index is -0.707. The Morgan fingerprint density at radius 3 is 1.43 bits per heavy atom. The van der Waals surface area contributed by atoms with Crippen LogP contribution >= 0.6 is 0 Å². The van der Waals surface area contributed by atoms with Gasteiger partial charge in [0.2, 0.25) is 24.0 Å². The van der Waals surface area contributed by atoms with E-state index in [4.69, 9.17) is 0 Å². The number of nitriles is 2. The van der Waals surface area contributed by atoms with Crippen molar-refractivity contribution in [3.8, 4) is 12.1 Å². The Labute approximate surface area is 365 Å². The van der Waals surface area contributed by atoms with Gasteiger partial charge in [-0.2, -0.15) is 10.5 Å². The number of carbonyl (C=O) groups is 2. The van der Waals surface area contributed by atoms with E-state index in [1.165, 1.54) is 33.7 Å². The summed E-state index contributed by atoms with van der Waals surface area (Å²) in [6, 6.07) is 20.2. The minimum Gasteiger partial charge on any atom is -0.358 e. The summed E-state index contributed by atoms with van der Waals surface area (Å²) >= 11 is 0. The number of hydrogen-bond acceptors (Lipinski definition) is 10. The number of nitrogens with one attached hydrogen (secondary N) is 2. The van der Waals surface area contributed by atoms with Crippen molar-refractivity contribution in [1.82, 2.24) is 24.1 Å². The summed E-state index contributed by atoms with van der Waals surface area (Å²) in [5.74, 6) is -1.58. The second-order valence-corrected chi connectivity index (χ2v) is 14.5. The van der Waals surface area contributed by atoms with E-state index in [0.29, 0.717) is 16.7 Å². The topological polar surface area (TPSA) is 228 Å². The van der Waals surface area contributed by atoms with Crippen LogP contribution in [0, 0.1) is 43.9 Å². The molecule has 312 valence electrons. The van der Waals surface area contributed by atoms with E-state index in [-0.39, 0.29) is 87.1 Å². The molecule has 4 heterocycles. The van der Waals surface area contributed by atoms with E-state index in [1.54, 1.807) is 102 Å². The SMILES string of the molecule is Cc1cc(C#N)cc(C(=O)c2c(C(C)C)c(=O)[nH]c(=O)n2Cc2cc[n+](O)cc2)c1.Cc1cc(C#N)cc(C(=O)c2c(C(C)C)c(=O)[nH]c(=O)n2Cc2ccncc2)c1.[CH3-].[W]. The first kappa shape index (κ1) is 48.3. The summed E-state index contributed by atoms with van der Waals surface area (Å²) in [5, 5.41) is 27.9. The number of aromatic amines is 2. The zero-order valence-electron chi connectivity index (χ0n) is 34.6. The summed E-state index contributed by atoms with van der Waals surface area (Å²) in [5.41, 5.74) is 1.96. The second-order valence-electron chi connectivity index (χ2n) is 14.5. The third-order valence-electron chi connectivity index (χ3n) is 9.31. The Morgan fingerprint density at radius 1 is 0.689 bits per heavy atom. The molecule has 2 aromatic carbocycles. The summed E-state index contributed by atoms with van der Waals surface area (Å²) < 4.78 is 3.37. The molecule has 16 heteroatoms. The molecule has 0 unspecified atom stereocenters. The smallest absolute Gasteiger partial charge is 0.329 e. The molecule has 0 saturated heterocycles. The molecule has 4 aromatic heterocycles. The first-order valence-corrected chi connectivity index (χ1v) is 18.5. The molecule has 6 rings (SSSR count). The largest absolute Gasteiger partial charge is 0.358 e. The molecule has 0 amide bonds. The average Bonchev–Trinajstić information content (AvgIpc) is 3.19. The summed E-state index contributed by atoms with van der Waals surface area (Å²) in [7, 11) is 0. The van der Waals surface area contributed by atoms with Gasteiger partial charge in [0.15, 0.2) is 0 Å². The van der Waals surface area contributed by atoms with E-state index in [0.717, 1.165) is 21.4 Å². The minimum absolute atomic E-state index is 0. The molecule has 0 spiro atoms. The summed E-state index contributed by atoms with van der Waals surface area (Å²) in [4.78, 5) is 86.0. The summed E-state index contributed by atoms with van der Waals surface area (Å²) in [6.45, 7) is 10.8. The molecule has 0 aliphatic carbocycles. The van der Waals surface area contributed by atoms with Crippen LogP contribution in [0.5, 0.6) is 0 Å². The second kappa shape index (κ2) is 20.7. The predicted octanol–water partition coefficient (Wildman–Crippen LogP) is 4.61. The molecule has 0 aliphatic rings. The molecular formula is C45H44N8O7W. The zero-order valence-corrected chi connectivity index (χ0v) is 37.6. The Hall–Kier alpha value is -7.09. The number of benzene rings is 2. The number of hydrogen-bond donors (Lipinski definition) is 3. The summed E-state index contributed by atoms with van der Waals surface area (Å²) in [6.07, 6.45) is 5.99. The van der Waals surface area contributed by atoms with Crippen LogP contribution in [0.2, 0.25) is 0 Å². The van der Waals surface area contributed by atoms with Gasteiger partial charge in [-0.25, -0.2) is 9.59 Å². The van der Waals surface area contributed by atoms with E-state index >= 15 is 0 Å². The molecule has 61 heavy (non-hydrogen) atoms. The van der Waals surface area contributed by atoms with Crippen molar-refractivity contribution in [2.75, 3.05) is 0 Å². The van der Waals surface area contributed by atoms with Gasteiger partial charge in [-0.15, -0.1) is 0 Å². The van der Waals surface area contributed by atoms with E-state index in [1.807, 2.05) is 12.1 Å². The van der Waals surface area contributed by atoms with Crippen LogP contribution in [-0.4, -0.2) is 40.9 Å². The third-order valence-corrected chi connectivity index (χ3v) is 9.31. The number of aryl methyl sites for hydroxylation is 2. The number of aromatic nitrogens is 6. The van der Waals surface area contributed by atoms with Crippen LogP contribution in [0.3, 0.4) is 0 Å². The van der Waals surface area contributed by atoms with Gasteiger partial charge in [-0.1, -0.05) is 27.7 Å². The average molecular weight is 993 g/mol. The van der Waals surface area contributed by atoms with E-state index in [9.17, 15) is 44.5 Å². The van der Waals surface area contributed by atoms with Gasteiger partial charge in [0, 0.05) is 72.6 Å². The maximum absolute atomic E-state index is 13.5. The molecule has 0 fully saturated rings. The Balaban J connectivity index is 0.000000315. The Bertz CT molecular complexity index is 2920. The Morgan fingerprint density at radius 2 is 1.07 bits per heavy atom. The van der Waals surface area contributed by atoms with Crippen LogP contribution in [0.4, 0.5) is 0 Å². The van der Waals surface area contributed by atoms with Crippen molar-refractivity contribution >= 4 is 11.6 Å². The van der Waals surface area contributed by atoms with Crippen LogP contribution in [0.1, 0.15) is 116 Å². The third kappa shape index (κ3) is 11.1. The van der Waals surface area contributed by atoms with Gasteiger partial charge in [0.1, 0.15) is 11.4 Å². The molecular weight excluding hydrogens is 948 g/mol. The van der Waals surface area contributed by atoms with E-state index in [2.05, 4.69) is 15.0 Å². The quantitative estimate of drug-likeness (QED) is 0.0748. The first-order chi connectivity index (χ1) is 28.0. The van der Waals surface area contributed by atoms with Crippen molar-refractivity contribution < 1.29 is 40.6 Å². The standard InChI is InChI=1S/C22H20N4O4.C22H20N4O3.CH3.W/c1-13(2)18-19(20(27)17-9-14(3)8-16(10-17)11-23)26(22(29)24-21(18)28)12-15-4-6-25(30)7-5-15;1-13(2)18-19(20(27)17-9-14(3)8-16(10-17)11-23)26(22(29)25-21(18)28)12-15-4-6-24-7-5-15;;/h4-10,13H,12H2,1-3H3,(H-,24,28,29,30);4-10,13H,12H2,1-3H3,(H,25,28,29);1H3;/q;;-1;/p+1. The van der Waals surface area contributed by atoms with Crippen molar-refractivity contribution in [2.24, 2.45) is 0 Å². The van der Waals surface area contributed by atoms with Gasteiger partial charge < -0.3 is 7.43 Å². The van der Waals surface area contributed by atoms with Crippen LogP contribution in [0.25, 0.3) is 0 Å². The fourth-order valence-corrected chi connectivity index (χ4v) is 6.67. The van der Waals surface area contributed by atoms with Gasteiger partial charge in [0.25, 0.3) is 11.1 Å². The van der Waals surface area contributed by atoms with Crippen LogP contribution in [-0.2, 0) is 34.2 Å². The van der Waals surface area contributed by atoms with E-state index < -0.39 is 34.1 Å². The van der Waals surface area contributed by atoms with Gasteiger partial charge in [-0.3, -0.25) is 48.5 Å². The van der Waals surface area contributed by atoms with Crippen molar-refractivity contribution in [2.45, 2.75) is 66.5 Å². The molecule has 0 saturated carbocycles. The van der Waals surface area contributed by atoms with Crippen molar-refractivity contribution in [1.29, 1.82) is 10.5 Å². The number of H-pyrrole nitrogens is 2. The number of carbonyl (C=O) groups excluding carboxylic acids is 2. The number of nitrogens with zero attached hydrogens (tertiary/aromatic N) is 6. The Kier molecular flexibility index (Phi) is 16.4. The molecule has 0 atom stereocenters. The maximum Gasteiger partial charge on any atom is 0.329 e. The fraction of sp³-hybridized carbons (Fsp3) is 0.222. The molecule has 3 N–H and O–H groups in total. The van der Waals surface area contributed by atoms with Gasteiger partial charge >= 0.3 is 11.4 Å². The van der Waals surface area contributed by atoms with Crippen LogP contribution in [0.15, 0.2) is 105 Å². The molecule has 15 nitrogen and oxygen atoms in total. The first-order valence-electron chi connectivity index (χ1n) is 18.5. The van der Waals surface area contributed by atoms with Crippen LogP contribution < -0.4 is 27.2 Å². The monoisotopic (exact) mass is 992 g/mol. The van der Waals surface area contributed by atoms with Gasteiger partial charge in [0.05, 0.1) is 36.4 Å². The molecule has 6 aromatic rings. The molecule has 0 radical (unpaired) electrons. The predicted molar refractivity (Wildman–Crippen MR) is 222 cm³/mol. The number of pyridine rings is 2. The van der Waals surface area contributed by atoms with Crippen molar-refractivity contribution in [3.63, 3.8) is 0 Å².